The van der Waals surface area contributed by atoms with E-state index >= 15 is 0 Å². The van der Waals surface area contributed by atoms with Crippen LogP contribution in [0.3, 0.4) is 0 Å². The van der Waals surface area contributed by atoms with Crippen molar-refractivity contribution in [2.45, 2.75) is 32.6 Å². The van der Waals surface area contributed by atoms with Gasteiger partial charge < -0.3 is 15.1 Å². The first-order chi connectivity index (χ1) is 12.0. The SMILES string of the molecule is Cc1ccc(N2CC(C(=O)NCCCN3CCCC3=O)CC2=O)cc1. The molecule has 6 heteroatoms. The van der Waals surface area contributed by atoms with Crippen LogP contribution in [0, 0.1) is 12.8 Å². The maximum absolute atomic E-state index is 12.3. The summed E-state index contributed by atoms with van der Waals surface area (Å²) in [6.45, 7) is 4.49. The highest BCUT2D eigenvalue weighted by Crippen LogP contribution is 2.25. The summed E-state index contributed by atoms with van der Waals surface area (Å²) in [5.41, 5.74) is 1.99. The third-order valence-corrected chi connectivity index (χ3v) is 4.92. The van der Waals surface area contributed by atoms with Crippen molar-refractivity contribution in [3.63, 3.8) is 0 Å². The van der Waals surface area contributed by atoms with Gasteiger partial charge in [-0.15, -0.1) is 0 Å². The number of nitrogens with zero attached hydrogens (tertiary/aromatic N) is 2. The van der Waals surface area contributed by atoms with E-state index in [1.165, 1.54) is 0 Å². The van der Waals surface area contributed by atoms with Gasteiger partial charge in [-0.1, -0.05) is 17.7 Å². The normalized spacial score (nSPS) is 20.4. The second-order valence-corrected chi connectivity index (χ2v) is 6.87. The number of amides is 3. The number of carbonyl (C=O) groups excluding carboxylic acids is 3. The van der Waals surface area contributed by atoms with Gasteiger partial charge in [-0.3, -0.25) is 14.4 Å². The van der Waals surface area contributed by atoms with Gasteiger partial charge in [0.2, 0.25) is 17.7 Å². The topological polar surface area (TPSA) is 69.7 Å². The predicted molar refractivity (Wildman–Crippen MR) is 95.1 cm³/mol. The zero-order valence-corrected chi connectivity index (χ0v) is 14.7. The van der Waals surface area contributed by atoms with Crippen LogP contribution in [0.5, 0.6) is 0 Å². The molecule has 25 heavy (non-hydrogen) atoms. The van der Waals surface area contributed by atoms with E-state index in [2.05, 4.69) is 5.32 Å². The van der Waals surface area contributed by atoms with E-state index in [0.717, 1.165) is 30.6 Å². The molecule has 2 fully saturated rings. The molecule has 3 rings (SSSR count). The number of aryl methyl sites for hydroxylation is 1. The number of benzene rings is 1. The molecule has 0 radical (unpaired) electrons. The van der Waals surface area contributed by atoms with Gasteiger partial charge in [0.1, 0.15) is 0 Å². The standard InChI is InChI=1S/C19H25N3O3/c1-14-5-7-16(8-6-14)22-13-15(12-18(22)24)19(25)20-9-3-11-21-10-2-4-17(21)23/h5-8,15H,2-4,9-13H2,1H3,(H,20,25). The smallest absolute Gasteiger partial charge is 0.227 e. The lowest BCUT2D eigenvalue weighted by Gasteiger charge is -2.17. The van der Waals surface area contributed by atoms with E-state index in [9.17, 15) is 14.4 Å². The third-order valence-electron chi connectivity index (χ3n) is 4.92. The predicted octanol–water partition coefficient (Wildman–Crippen LogP) is 1.48. The lowest BCUT2D eigenvalue weighted by atomic mass is 10.1. The van der Waals surface area contributed by atoms with Crippen LogP contribution in [0.4, 0.5) is 5.69 Å². The molecule has 2 saturated heterocycles. The van der Waals surface area contributed by atoms with Crippen molar-refractivity contribution >= 4 is 23.4 Å². The molecule has 2 heterocycles. The van der Waals surface area contributed by atoms with Crippen molar-refractivity contribution in [2.75, 3.05) is 31.1 Å². The minimum absolute atomic E-state index is 0.00772. The molecule has 3 amide bonds. The molecule has 1 aromatic carbocycles. The van der Waals surface area contributed by atoms with Crippen LogP contribution in [0.2, 0.25) is 0 Å². The number of carbonyl (C=O) groups is 3. The summed E-state index contributed by atoms with van der Waals surface area (Å²) in [5.74, 6) is -0.175. The Balaban J connectivity index is 1.44. The minimum Gasteiger partial charge on any atom is -0.356 e. The molecular weight excluding hydrogens is 318 g/mol. The van der Waals surface area contributed by atoms with E-state index in [4.69, 9.17) is 0 Å². The molecule has 1 N–H and O–H groups in total. The van der Waals surface area contributed by atoms with Crippen LogP contribution in [0.1, 0.15) is 31.2 Å². The van der Waals surface area contributed by atoms with Crippen molar-refractivity contribution < 1.29 is 14.4 Å². The molecule has 2 aliphatic heterocycles. The van der Waals surface area contributed by atoms with E-state index in [1.54, 1.807) is 4.90 Å². The lowest BCUT2D eigenvalue weighted by molar-refractivity contribution is -0.127. The van der Waals surface area contributed by atoms with Gasteiger partial charge in [-0.05, 0) is 31.9 Å². The second kappa shape index (κ2) is 7.68. The maximum atomic E-state index is 12.3. The number of anilines is 1. The number of rotatable bonds is 6. The molecular formula is C19H25N3O3. The van der Waals surface area contributed by atoms with E-state index in [0.29, 0.717) is 26.1 Å². The van der Waals surface area contributed by atoms with E-state index in [1.807, 2.05) is 36.1 Å². The van der Waals surface area contributed by atoms with Crippen molar-refractivity contribution in [1.29, 1.82) is 0 Å². The maximum Gasteiger partial charge on any atom is 0.227 e. The summed E-state index contributed by atoms with van der Waals surface area (Å²) in [7, 11) is 0. The summed E-state index contributed by atoms with van der Waals surface area (Å²) >= 11 is 0. The van der Waals surface area contributed by atoms with Crippen LogP contribution in [-0.2, 0) is 14.4 Å². The number of hydrogen-bond acceptors (Lipinski definition) is 3. The van der Waals surface area contributed by atoms with E-state index < -0.39 is 0 Å². The Morgan fingerprint density at radius 1 is 1.20 bits per heavy atom. The molecule has 0 bridgehead atoms. The monoisotopic (exact) mass is 343 g/mol. The van der Waals surface area contributed by atoms with E-state index in [-0.39, 0.29) is 30.1 Å². The average Bonchev–Trinajstić information content (AvgIpc) is 3.18. The molecule has 0 spiro atoms. The molecule has 134 valence electrons. The first kappa shape index (κ1) is 17.5. The summed E-state index contributed by atoms with van der Waals surface area (Å²) in [6.07, 6.45) is 2.58. The van der Waals surface area contributed by atoms with Crippen LogP contribution < -0.4 is 10.2 Å². The van der Waals surface area contributed by atoms with Gasteiger partial charge in [-0.2, -0.15) is 0 Å². The first-order valence-corrected chi connectivity index (χ1v) is 8.97. The second-order valence-electron chi connectivity index (χ2n) is 6.87. The van der Waals surface area contributed by atoms with Gasteiger partial charge >= 0.3 is 0 Å². The molecule has 6 nitrogen and oxygen atoms in total. The Morgan fingerprint density at radius 3 is 2.64 bits per heavy atom. The Morgan fingerprint density at radius 2 is 1.96 bits per heavy atom. The Hall–Kier alpha value is -2.37. The van der Waals surface area contributed by atoms with Gasteiger partial charge in [0.15, 0.2) is 0 Å². The zero-order chi connectivity index (χ0) is 17.8. The average molecular weight is 343 g/mol. The molecule has 0 aliphatic carbocycles. The molecule has 1 atom stereocenters. The van der Waals surface area contributed by atoms with Crippen molar-refractivity contribution in [2.24, 2.45) is 5.92 Å². The van der Waals surface area contributed by atoms with Gasteiger partial charge in [0.05, 0.1) is 5.92 Å². The minimum atomic E-state index is -0.303. The largest absolute Gasteiger partial charge is 0.356 e. The molecule has 2 aliphatic rings. The Labute approximate surface area is 148 Å². The number of nitrogens with one attached hydrogen (secondary N) is 1. The van der Waals surface area contributed by atoms with Crippen molar-refractivity contribution in [3.05, 3.63) is 29.8 Å². The van der Waals surface area contributed by atoms with Crippen LogP contribution in [0.25, 0.3) is 0 Å². The third kappa shape index (κ3) is 4.18. The Bertz CT molecular complexity index is 656. The molecule has 1 aromatic rings. The highest BCUT2D eigenvalue weighted by atomic mass is 16.2. The van der Waals surface area contributed by atoms with Crippen molar-refractivity contribution in [3.8, 4) is 0 Å². The quantitative estimate of drug-likeness (QED) is 0.796. The zero-order valence-electron chi connectivity index (χ0n) is 14.7. The highest BCUT2D eigenvalue weighted by molar-refractivity contribution is 6.00. The fourth-order valence-corrected chi connectivity index (χ4v) is 3.42. The van der Waals surface area contributed by atoms with Crippen molar-refractivity contribution in [1.82, 2.24) is 10.2 Å². The van der Waals surface area contributed by atoms with Crippen LogP contribution in [-0.4, -0.2) is 48.8 Å². The Kier molecular flexibility index (Phi) is 5.36. The summed E-state index contributed by atoms with van der Waals surface area (Å²) in [5, 5.41) is 2.91. The van der Waals surface area contributed by atoms with Gasteiger partial charge in [0, 0.05) is 44.7 Å². The fourth-order valence-electron chi connectivity index (χ4n) is 3.42. The summed E-state index contributed by atoms with van der Waals surface area (Å²) < 4.78 is 0. The summed E-state index contributed by atoms with van der Waals surface area (Å²) in [6, 6.07) is 7.77. The lowest BCUT2D eigenvalue weighted by Crippen LogP contribution is -2.35. The van der Waals surface area contributed by atoms with Gasteiger partial charge in [0.25, 0.3) is 0 Å². The summed E-state index contributed by atoms with van der Waals surface area (Å²) in [4.78, 5) is 39.6. The molecule has 0 saturated carbocycles. The molecule has 1 unspecified atom stereocenters. The van der Waals surface area contributed by atoms with Crippen LogP contribution in [0.15, 0.2) is 24.3 Å². The number of likely N-dealkylation sites (tertiary alicyclic amines) is 1. The highest BCUT2D eigenvalue weighted by Gasteiger charge is 2.34. The molecule has 0 aromatic heterocycles. The first-order valence-electron chi connectivity index (χ1n) is 8.97. The number of hydrogen-bond donors (Lipinski definition) is 1. The van der Waals surface area contributed by atoms with Crippen LogP contribution >= 0.6 is 0 Å². The fraction of sp³-hybridized carbons (Fsp3) is 0.526. The van der Waals surface area contributed by atoms with Gasteiger partial charge in [-0.25, -0.2) is 0 Å².